The predicted molar refractivity (Wildman–Crippen MR) is 62.4 cm³/mol. The van der Waals surface area contributed by atoms with Crippen LogP contribution in [0, 0.1) is 0 Å². The van der Waals surface area contributed by atoms with Crippen molar-refractivity contribution in [3.8, 4) is 0 Å². The highest BCUT2D eigenvalue weighted by Crippen LogP contribution is 2.36. The van der Waals surface area contributed by atoms with Crippen LogP contribution in [0.2, 0.25) is 0 Å². The third-order valence-electron chi connectivity index (χ3n) is 3.80. The highest BCUT2D eigenvalue weighted by molar-refractivity contribution is 5.84. The van der Waals surface area contributed by atoms with Crippen LogP contribution in [0.5, 0.6) is 0 Å². The zero-order chi connectivity index (χ0) is 12.4. The summed E-state index contributed by atoms with van der Waals surface area (Å²) >= 11 is 0. The lowest BCUT2D eigenvalue weighted by atomic mass is 9.99. The lowest BCUT2D eigenvalue weighted by Gasteiger charge is -2.38. The van der Waals surface area contributed by atoms with Crippen LogP contribution in [0.4, 0.5) is 0 Å². The van der Waals surface area contributed by atoms with E-state index in [2.05, 4.69) is 5.32 Å². The summed E-state index contributed by atoms with van der Waals surface area (Å²) in [6.07, 6.45) is 4.28. The molecule has 2 unspecified atom stereocenters. The molecule has 5 nitrogen and oxygen atoms in total. The van der Waals surface area contributed by atoms with Gasteiger partial charge in [0.15, 0.2) is 0 Å². The van der Waals surface area contributed by atoms with Crippen molar-refractivity contribution in [2.45, 2.75) is 50.8 Å². The van der Waals surface area contributed by atoms with Gasteiger partial charge in [-0.1, -0.05) is 0 Å². The van der Waals surface area contributed by atoms with E-state index in [0.29, 0.717) is 12.1 Å². The Morgan fingerprint density at radius 2 is 1.88 bits per heavy atom. The summed E-state index contributed by atoms with van der Waals surface area (Å²) in [6.45, 7) is 1.55. The summed E-state index contributed by atoms with van der Waals surface area (Å²) in [5.41, 5.74) is 0. The maximum atomic E-state index is 12.0. The number of hydrogen-bond donors (Lipinski definition) is 1. The van der Waals surface area contributed by atoms with E-state index in [-0.39, 0.29) is 24.5 Å². The first-order valence-corrected chi connectivity index (χ1v) is 6.20. The summed E-state index contributed by atoms with van der Waals surface area (Å²) < 4.78 is 5.39. The number of hydrogen-bond acceptors (Lipinski definition) is 3. The third-order valence-corrected chi connectivity index (χ3v) is 3.80. The highest BCUT2D eigenvalue weighted by Gasteiger charge is 2.42. The maximum absolute atomic E-state index is 12.0. The average Bonchev–Trinajstić information content (AvgIpc) is 2.57. The Labute approximate surface area is 101 Å². The molecule has 2 saturated heterocycles. The lowest BCUT2D eigenvalue weighted by molar-refractivity contribution is -0.138. The SMILES string of the molecule is COC1CC2CCC(C1)N2C(=O)CNC(C)=O. The molecule has 0 spiro atoms. The fraction of sp³-hybridized carbons (Fsp3) is 0.833. The monoisotopic (exact) mass is 240 g/mol. The van der Waals surface area contributed by atoms with Crippen LogP contribution >= 0.6 is 0 Å². The molecule has 0 aromatic heterocycles. The molecule has 0 aromatic carbocycles. The molecule has 2 fully saturated rings. The van der Waals surface area contributed by atoms with E-state index >= 15 is 0 Å². The van der Waals surface area contributed by atoms with Crippen LogP contribution in [-0.2, 0) is 14.3 Å². The van der Waals surface area contributed by atoms with Gasteiger partial charge in [-0.25, -0.2) is 0 Å². The minimum absolute atomic E-state index is 0.0438. The molecule has 5 heteroatoms. The summed E-state index contributed by atoms with van der Waals surface area (Å²) in [6, 6.07) is 0.611. The first-order chi connectivity index (χ1) is 8.11. The average molecular weight is 240 g/mol. The van der Waals surface area contributed by atoms with Crippen molar-refractivity contribution in [1.29, 1.82) is 0 Å². The van der Waals surface area contributed by atoms with Gasteiger partial charge >= 0.3 is 0 Å². The van der Waals surface area contributed by atoms with Crippen molar-refractivity contribution in [2.24, 2.45) is 0 Å². The Kier molecular flexibility index (Phi) is 3.66. The zero-order valence-corrected chi connectivity index (χ0v) is 10.4. The molecule has 0 aliphatic carbocycles. The Morgan fingerprint density at radius 1 is 1.29 bits per heavy atom. The number of nitrogens with one attached hydrogen (secondary N) is 1. The Morgan fingerprint density at radius 3 is 2.35 bits per heavy atom. The van der Waals surface area contributed by atoms with E-state index in [0.717, 1.165) is 25.7 Å². The number of carbonyl (C=O) groups excluding carboxylic acids is 2. The van der Waals surface area contributed by atoms with Crippen molar-refractivity contribution < 1.29 is 14.3 Å². The molecule has 2 aliphatic heterocycles. The lowest BCUT2D eigenvalue weighted by Crippen LogP contribution is -2.51. The van der Waals surface area contributed by atoms with Gasteiger partial charge in [-0.3, -0.25) is 9.59 Å². The zero-order valence-electron chi connectivity index (χ0n) is 10.4. The fourth-order valence-electron chi connectivity index (χ4n) is 3.02. The topological polar surface area (TPSA) is 58.6 Å². The Hall–Kier alpha value is -1.10. The van der Waals surface area contributed by atoms with Crippen LogP contribution < -0.4 is 5.32 Å². The molecule has 2 heterocycles. The molecule has 17 heavy (non-hydrogen) atoms. The molecular formula is C12H20N2O3. The van der Waals surface area contributed by atoms with Crippen LogP contribution in [-0.4, -0.2) is 48.6 Å². The number of ether oxygens (including phenoxy) is 1. The highest BCUT2D eigenvalue weighted by atomic mass is 16.5. The molecule has 0 radical (unpaired) electrons. The van der Waals surface area contributed by atoms with Gasteiger partial charge in [-0.2, -0.15) is 0 Å². The minimum atomic E-state index is -0.155. The van der Waals surface area contributed by atoms with Crippen LogP contribution in [0.3, 0.4) is 0 Å². The molecule has 0 aromatic rings. The van der Waals surface area contributed by atoms with E-state index in [1.54, 1.807) is 7.11 Å². The molecule has 2 amide bonds. The van der Waals surface area contributed by atoms with Gasteiger partial charge in [0.25, 0.3) is 0 Å². The summed E-state index contributed by atoms with van der Waals surface area (Å²) in [7, 11) is 1.74. The number of piperidine rings is 1. The van der Waals surface area contributed by atoms with Crippen molar-refractivity contribution in [2.75, 3.05) is 13.7 Å². The van der Waals surface area contributed by atoms with E-state index in [4.69, 9.17) is 4.74 Å². The van der Waals surface area contributed by atoms with Gasteiger partial charge in [-0.15, -0.1) is 0 Å². The molecule has 2 rings (SSSR count). The van der Waals surface area contributed by atoms with Gasteiger partial charge in [0.1, 0.15) is 0 Å². The minimum Gasteiger partial charge on any atom is -0.381 e. The van der Waals surface area contributed by atoms with E-state index in [9.17, 15) is 9.59 Å². The summed E-state index contributed by atoms with van der Waals surface area (Å²) in [5.74, 6) is -0.111. The second-order valence-corrected chi connectivity index (χ2v) is 4.92. The quantitative estimate of drug-likeness (QED) is 0.771. The second kappa shape index (κ2) is 5.04. The van der Waals surface area contributed by atoms with E-state index < -0.39 is 0 Å². The third kappa shape index (κ3) is 2.60. The van der Waals surface area contributed by atoms with Gasteiger partial charge in [0, 0.05) is 26.1 Å². The smallest absolute Gasteiger partial charge is 0.242 e. The van der Waals surface area contributed by atoms with E-state index in [1.165, 1.54) is 6.92 Å². The van der Waals surface area contributed by atoms with Crippen LogP contribution in [0.25, 0.3) is 0 Å². The summed E-state index contributed by atoms with van der Waals surface area (Å²) in [4.78, 5) is 24.8. The number of rotatable bonds is 3. The van der Waals surface area contributed by atoms with Crippen molar-refractivity contribution >= 4 is 11.8 Å². The molecule has 96 valence electrons. The molecule has 2 aliphatic rings. The first kappa shape index (κ1) is 12.4. The number of methoxy groups -OCH3 is 1. The number of amides is 2. The van der Waals surface area contributed by atoms with Crippen molar-refractivity contribution in [1.82, 2.24) is 10.2 Å². The molecular weight excluding hydrogens is 220 g/mol. The fourth-order valence-corrected chi connectivity index (χ4v) is 3.02. The number of nitrogens with zero attached hydrogens (tertiary/aromatic N) is 1. The molecule has 1 N–H and O–H groups in total. The van der Waals surface area contributed by atoms with Gasteiger partial charge in [0.05, 0.1) is 12.6 Å². The Bertz CT molecular complexity index is 305. The predicted octanol–water partition coefficient (Wildman–Crippen LogP) is 0.291. The van der Waals surface area contributed by atoms with Crippen LogP contribution in [0.15, 0.2) is 0 Å². The normalized spacial score (nSPS) is 31.4. The molecule has 2 atom stereocenters. The molecule has 0 saturated carbocycles. The second-order valence-electron chi connectivity index (χ2n) is 4.92. The van der Waals surface area contributed by atoms with Crippen LogP contribution in [0.1, 0.15) is 32.6 Å². The standard InChI is InChI=1S/C12H20N2O3/c1-8(15)13-7-12(16)14-9-3-4-10(14)6-11(5-9)17-2/h9-11H,3-7H2,1-2H3,(H,13,15). The largest absolute Gasteiger partial charge is 0.381 e. The Balaban J connectivity index is 1.94. The van der Waals surface area contributed by atoms with Crippen molar-refractivity contribution in [3.63, 3.8) is 0 Å². The van der Waals surface area contributed by atoms with Gasteiger partial charge in [0.2, 0.25) is 11.8 Å². The van der Waals surface area contributed by atoms with Crippen molar-refractivity contribution in [3.05, 3.63) is 0 Å². The van der Waals surface area contributed by atoms with Gasteiger partial charge < -0.3 is 15.0 Å². The number of carbonyl (C=O) groups is 2. The number of fused-ring (bicyclic) bond motifs is 2. The summed E-state index contributed by atoms with van der Waals surface area (Å²) in [5, 5.41) is 2.58. The van der Waals surface area contributed by atoms with E-state index in [1.807, 2.05) is 4.90 Å². The first-order valence-electron chi connectivity index (χ1n) is 6.20. The van der Waals surface area contributed by atoms with Gasteiger partial charge in [-0.05, 0) is 25.7 Å². The maximum Gasteiger partial charge on any atom is 0.242 e. The molecule has 2 bridgehead atoms.